The van der Waals surface area contributed by atoms with Gasteiger partial charge in [-0.05, 0) is 54.1 Å². The first-order chi connectivity index (χ1) is 16.5. The van der Waals surface area contributed by atoms with Crippen molar-refractivity contribution < 1.29 is 14.5 Å². The van der Waals surface area contributed by atoms with Crippen LogP contribution in [0.3, 0.4) is 0 Å². The number of ether oxygens (including phenoxy) is 1. The third kappa shape index (κ3) is 6.37. The number of carbonyl (C=O) groups is 1. The lowest BCUT2D eigenvalue weighted by atomic mass is 10.1. The predicted octanol–water partition coefficient (Wildman–Crippen LogP) is 6.59. The van der Waals surface area contributed by atoms with E-state index >= 15 is 0 Å². The highest BCUT2D eigenvalue weighted by atomic mass is 35.5. The lowest BCUT2D eigenvalue weighted by Crippen LogP contribution is -2.20. The molecule has 0 radical (unpaired) electrons. The molecule has 34 heavy (non-hydrogen) atoms. The molecule has 0 unspecified atom stereocenters. The van der Waals surface area contributed by atoms with Crippen molar-refractivity contribution in [2.24, 2.45) is 0 Å². The first kappa shape index (κ1) is 23.3. The van der Waals surface area contributed by atoms with Gasteiger partial charge < -0.3 is 9.30 Å². The normalized spacial score (nSPS) is 11.6. The maximum absolute atomic E-state index is 12.6. The van der Waals surface area contributed by atoms with E-state index in [9.17, 15) is 14.9 Å². The largest absolute Gasteiger partial charge is 0.439 e. The number of hydrogen-bond acceptors (Lipinski definition) is 6. The first-order valence-corrected chi connectivity index (χ1v) is 11.4. The van der Waals surface area contributed by atoms with Crippen LogP contribution in [0.15, 0.2) is 101 Å². The third-order valence-electron chi connectivity index (χ3n) is 4.81. The highest BCUT2D eigenvalue weighted by Gasteiger charge is 2.18. The quantitative estimate of drug-likeness (QED) is 0.219. The van der Waals surface area contributed by atoms with E-state index in [1.165, 1.54) is 23.9 Å². The number of benzene rings is 3. The highest BCUT2D eigenvalue weighted by molar-refractivity contribution is 7.99. The zero-order valence-corrected chi connectivity index (χ0v) is 19.3. The summed E-state index contributed by atoms with van der Waals surface area (Å²) < 4.78 is 7.54. The number of imidazole rings is 1. The summed E-state index contributed by atoms with van der Waals surface area (Å²) in [6, 6.07) is 20.7. The molecule has 1 atom stereocenters. The number of nitrogens with one attached hydrogen (secondary N) is 1. The summed E-state index contributed by atoms with van der Waals surface area (Å²) in [5.41, 5.74) is 1.44. The molecule has 0 spiro atoms. The number of nitro benzene ring substituents is 1. The monoisotopic (exact) mass is 494 g/mol. The number of aromatic nitrogens is 2. The van der Waals surface area contributed by atoms with Crippen LogP contribution in [0.4, 0.5) is 16.2 Å². The molecule has 0 aliphatic rings. The lowest BCUT2D eigenvalue weighted by Gasteiger charge is -2.19. The topological polar surface area (TPSA) is 99.3 Å². The van der Waals surface area contributed by atoms with E-state index < -0.39 is 17.1 Å². The summed E-state index contributed by atoms with van der Waals surface area (Å²) >= 11 is 7.45. The van der Waals surface area contributed by atoms with E-state index in [4.69, 9.17) is 16.3 Å². The van der Waals surface area contributed by atoms with Gasteiger partial charge in [-0.15, -0.1) is 0 Å². The van der Waals surface area contributed by atoms with Gasteiger partial charge >= 0.3 is 6.09 Å². The van der Waals surface area contributed by atoms with Gasteiger partial charge in [0, 0.05) is 45.0 Å². The fraction of sp³-hybridized carbons (Fsp3) is 0.0833. The molecule has 0 bridgehead atoms. The molecule has 0 aliphatic heterocycles. The summed E-state index contributed by atoms with van der Waals surface area (Å²) in [5, 5.41) is 14.1. The van der Waals surface area contributed by atoms with Crippen molar-refractivity contribution >= 4 is 40.8 Å². The molecular formula is C24H19ClN4O4S. The van der Waals surface area contributed by atoms with Gasteiger partial charge in [0.05, 0.1) is 17.8 Å². The van der Waals surface area contributed by atoms with Crippen LogP contribution in [0, 0.1) is 10.1 Å². The number of hydrogen-bond donors (Lipinski definition) is 1. The maximum Gasteiger partial charge on any atom is 0.412 e. The minimum absolute atomic E-state index is 0.0485. The summed E-state index contributed by atoms with van der Waals surface area (Å²) in [7, 11) is 0. The Labute approximate surface area is 204 Å². The van der Waals surface area contributed by atoms with Gasteiger partial charge in [-0.2, -0.15) is 0 Å². The van der Waals surface area contributed by atoms with Crippen LogP contribution < -0.4 is 5.32 Å². The van der Waals surface area contributed by atoms with Gasteiger partial charge in [-0.25, -0.2) is 9.78 Å². The number of nitrogens with zero attached hydrogens (tertiary/aromatic N) is 3. The molecule has 0 fully saturated rings. The number of non-ortho nitro benzene ring substituents is 1. The summed E-state index contributed by atoms with van der Waals surface area (Å²) in [6.07, 6.45) is 3.99. The van der Waals surface area contributed by atoms with Gasteiger partial charge in [-0.1, -0.05) is 35.5 Å². The fourth-order valence-electron chi connectivity index (χ4n) is 3.13. The molecule has 1 aromatic heterocycles. The van der Waals surface area contributed by atoms with Gasteiger partial charge in [0.2, 0.25) is 0 Å². The number of nitro groups is 1. The zero-order chi connectivity index (χ0) is 23.9. The number of amides is 1. The Morgan fingerprint density at radius 2 is 1.71 bits per heavy atom. The molecule has 10 heteroatoms. The van der Waals surface area contributed by atoms with Gasteiger partial charge in [0.25, 0.3) is 5.69 Å². The second-order valence-electron chi connectivity index (χ2n) is 7.21. The number of rotatable bonds is 8. The van der Waals surface area contributed by atoms with E-state index in [-0.39, 0.29) is 5.69 Å². The van der Waals surface area contributed by atoms with E-state index in [0.717, 1.165) is 15.4 Å². The van der Waals surface area contributed by atoms with Crippen LogP contribution in [-0.4, -0.2) is 20.6 Å². The van der Waals surface area contributed by atoms with Crippen LogP contribution in [0.2, 0.25) is 5.02 Å². The fourth-order valence-corrected chi connectivity index (χ4v) is 4.07. The summed E-state index contributed by atoms with van der Waals surface area (Å²) in [4.78, 5) is 28.8. The number of anilines is 1. The lowest BCUT2D eigenvalue weighted by molar-refractivity contribution is -0.384. The Bertz CT molecular complexity index is 1250. The highest BCUT2D eigenvalue weighted by Crippen LogP contribution is 2.30. The smallest absolute Gasteiger partial charge is 0.412 e. The van der Waals surface area contributed by atoms with Gasteiger partial charge in [0.15, 0.2) is 0 Å². The summed E-state index contributed by atoms with van der Waals surface area (Å²) in [5.74, 6) is 0. The minimum atomic E-state index is -0.587. The molecule has 1 N–H and O–H groups in total. The Kier molecular flexibility index (Phi) is 7.46. The van der Waals surface area contributed by atoms with Crippen LogP contribution in [0.5, 0.6) is 0 Å². The predicted molar refractivity (Wildman–Crippen MR) is 130 cm³/mol. The van der Waals surface area contributed by atoms with Crippen molar-refractivity contribution in [3.63, 3.8) is 0 Å². The van der Waals surface area contributed by atoms with Crippen molar-refractivity contribution in [1.29, 1.82) is 0 Å². The molecular weight excluding hydrogens is 476 g/mol. The second kappa shape index (κ2) is 10.9. The molecule has 0 saturated heterocycles. The van der Waals surface area contributed by atoms with Gasteiger partial charge in [0.1, 0.15) is 6.10 Å². The molecule has 172 valence electrons. The maximum atomic E-state index is 12.6. The van der Waals surface area contributed by atoms with Crippen molar-refractivity contribution in [3.05, 3.63) is 112 Å². The van der Waals surface area contributed by atoms with Crippen molar-refractivity contribution in [3.8, 4) is 0 Å². The molecule has 8 nitrogen and oxygen atoms in total. The van der Waals surface area contributed by atoms with Crippen LogP contribution >= 0.6 is 23.4 Å². The molecule has 4 aromatic rings. The van der Waals surface area contributed by atoms with Crippen LogP contribution in [0.1, 0.15) is 11.7 Å². The molecule has 0 saturated carbocycles. The second-order valence-corrected chi connectivity index (χ2v) is 8.79. The molecule has 0 aliphatic carbocycles. The van der Waals surface area contributed by atoms with E-state index in [0.29, 0.717) is 17.3 Å². The van der Waals surface area contributed by atoms with E-state index in [1.807, 2.05) is 28.8 Å². The number of halogens is 1. The SMILES string of the molecule is O=C(Nc1ccc(Sc2ccc([N+](=O)[O-])cc2)cc1)O[C@H](Cn1ccnc1)c1ccc(Cl)cc1. The average molecular weight is 495 g/mol. The molecule has 1 heterocycles. The number of carbonyl (C=O) groups excluding carboxylic acids is 1. The molecule has 3 aromatic carbocycles. The molecule has 1 amide bonds. The Morgan fingerprint density at radius 1 is 1.06 bits per heavy atom. The first-order valence-electron chi connectivity index (χ1n) is 10.2. The molecule has 4 rings (SSSR count). The van der Waals surface area contributed by atoms with E-state index in [2.05, 4.69) is 10.3 Å². The van der Waals surface area contributed by atoms with E-state index in [1.54, 1.807) is 55.1 Å². The zero-order valence-electron chi connectivity index (χ0n) is 17.7. The van der Waals surface area contributed by atoms with Crippen molar-refractivity contribution in [2.75, 3.05) is 5.32 Å². The van der Waals surface area contributed by atoms with Crippen LogP contribution in [0.25, 0.3) is 0 Å². The van der Waals surface area contributed by atoms with Crippen molar-refractivity contribution in [1.82, 2.24) is 9.55 Å². The summed E-state index contributed by atoms with van der Waals surface area (Å²) in [6.45, 7) is 0.403. The average Bonchev–Trinajstić information content (AvgIpc) is 3.34. The Hall–Kier alpha value is -3.82. The minimum Gasteiger partial charge on any atom is -0.439 e. The standard InChI is InChI=1S/C24H19ClN4O4S/c25-18-3-1-17(2-4-18)23(15-28-14-13-26-16-28)33-24(30)27-19-5-9-21(10-6-19)34-22-11-7-20(8-12-22)29(31)32/h1-14,16,23H,15H2,(H,27,30)/t23-/m1/s1. The van der Waals surface area contributed by atoms with Crippen molar-refractivity contribution in [2.45, 2.75) is 22.4 Å². The Morgan fingerprint density at radius 3 is 2.29 bits per heavy atom. The van der Waals surface area contributed by atoms with Crippen LogP contribution in [-0.2, 0) is 11.3 Å². The Balaban J connectivity index is 1.38. The third-order valence-corrected chi connectivity index (χ3v) is 6.08. The van der Waals surface area contributed by atoms with Gasteiger partial charge in [-0.3, -0.25) is 15.4 Å².